The summed E-state index contributed by atoms with van der Waals surface area (Å²) in [5, 5.41) is 11.1. The van der Waals surface area contributed by atoms with Crippen molar-refractivity contribution in [3.63, 3.8) is 0 Å². The Kier molecular flexibility index (Phi) is 11.9. The molecule has 63 heavy (non-hydrogen) atoms. The molecular weight excluding hydrogens is 777 g/mol. The summed E-state index contributed by atoms with van der Waals surface area (Å²) < 4.78 is 0. The number of carbonyl (C=O) groups is 2. The number of hydrogen-bond acceptors (Lipinski definition) is 4. The van der Waals surface area contributed by atoms with Gasteiger partial charge in [-0.1, -0.05) is 84.9 Å². The van der Waals surface area contributed by atoms with Gasteiger partial charge in [-0.15, -0.1) is 0 Å². The number of benzene rings is 4. The number of hydrogen-bond donors (Lipinski definition) is 4. The lowest BCUT2D eigenvalue weighted by Crippen LogP contribution is -2.28. The molecular formula is C55H58N6O2. The number of nitrogens with zero attached hydrogens (tertiary/aromatic N) is 2. The number of allylic oxidation sites excluding steroid dienone is 4. The first-order valence-electron chi connectivity index (χ1n) is 22.0. The van der Waals surface area contributed by atoms with E-state index in [0.717, 1.165) is 107 Å². The lowest BCUT2D eigenvalue weighted by molar-refractivity contribution is -0.121. The molecule has 0 saturated carbocycles. The van der Waals surface area contributed by atoms with Gasteiger partial charge in [0.1, 0.15) is 0 Å². The number of aromatic nitrogens is 2. The van der Waals surface area contributed by atoms with E-state index in [4.69, 9.17) is 9.98 Å². The van der Waals surface area contributed by atoms with Crippen LogP contribution in [0, 0.1) is 27.7 Å². The second-order valence-electron chi connectivity index (χ2n) is 17.4. The average molecular weight is 835 g/mol. The van der Waals surface area contributed by atoms with E-state index in [1.54, 1.807) is 0 Å². The molecule has 0 fully saturated rings. The normalized spacial score (nSPS) is 16.4. The number of fused-ring (bicyclic) bond motifs is 2. The van der Waals surface area contributed by atoms with E-state index in [-0.39, 0.29) is 23.9 Å². The Morgan fingerprint density at radius 3 is 1.35 bits per heavy atom. The Morgan fingerprint density at radius 2 is 0.937 bits per heavy atom. The van der Waals surface area contributed by atoms with E-state index < -0.39 is 0 Å². The number of rotatable bonds is 12. The number of aryl methyl sites for hydroxylation is 2. The molecule has 0 aliphatic carbocycles. The van der Waals surface area contributed by atoms with Gasteiger partial charge in [-0.3, -0.25) is 19.6 Å². The molecule has 6 aromatic rings. The van der Waals surface area contributed by atoms with Crippen LogP contribution < -0.4 is 10.6 Å². The standard InChI is InChI=1S/C55H58N6O2/c1-30-46(36(7)56-50(30)28-52-32(3)48(38(9)58-52)26-54(62)60-34(5)42-23-15-19-40-17-11-13-21-44(40)42)25-47-31(2)51(57-37(47)8)29-53-33(4)49(39(10)59-53)27-55(63)61-35(6)43-24-16-20-41-18-12-14-22-45(41)43/h11-24,28-29,34-35,58-59H,25-27H2,1-10H3,(H,60,62)(H,61,63)/b50-28-,51-29-/t34-,35-/m0/s1. The monoisotopic (exact) mass is 834 g/mol. The second kappa shape index (κ2) is 17.5. The molecule has 4 heterocycles. The third-order valence-corrected chi connectivity index (χ3v) is 13.3. The summed E-state index contributed by atoms with van der Waals surface area (Å²) in [6, 6.07) is 28.8. The zero-order chi connectivity index (χ0) is 44.7. The predicted molar refractivity (Wildman–Crippen MR) is 261 cm³/mol. The maximum absolute atomic E-state index is 13.4. The van der Waals surface area contributed by atoms with Crippen LogP contribution in [0.4, 0.5) is 0 Å². The fraction of sp³-hybridized carbons (Fsp3) is 0.273. The minimum atomic E-state index is -0.123. The first-order chi connectivity index (χ1) is 30.2. The van der Waals surface area contributed by atoms with Gasteiger partial charge < -0.3 is 20.6 Å². The zero-order valence-electron chi connectivity index (χ0n) is 38.2. The first kappa shape index (κ1) is 42.9. The van der Waals surface area contributed by atoms with Crippen molar-refractivity contribution in [3.05, 3.63) is 175 Å². The van der Waals surface area contributed by atoms with E-state index in [0.29, 0.717) is 12.8 Å². The maximum Gasteiger partial charge on any atom is 0.224 e. The Hall–Kier alpha value is -6.80. The Labute approximate surface area is 371 Å². The summed E-state index contributed by atoms with van der Waals surface area (Å²) in [6.45, 7) is 20.8. The highest BCUT2D eigenvalue weighted by atomic mass is 16.2. The van der Waals surface area contributed by atoms with Crippen LogP contribution in [0.5, 0.6) is 0 Å². The van der Waals surface area contributed by atoms with Crippen LogP contribution in [0.15, 0.2) is 129 Å². The van der Waals surface area contributed by atoms with Crippen molar-refractivity contribution >= 4 is 56.9 Å². The highest BCUT2D eigenvalue weighted by Crippen LogP contribution is 2.37. The van der Waals surface area contributed by atoms with E-state index in [9.17, 15) is 9.59 Å². The van der Waals surface area contributed by atoms with Gasteiger partial charge >= 0.3 is 0 Å². The lowest BCUT2D eigenvalue weighted by Gasteiger charge is -2.17. The van der Waals surface area contributed by atoms with Crippen LogP contribution >= 0.6 is 0 Å². The van der Waals surface area contributed by atoms with Gasteiger partial charge in [-0.25, -0.2) is 0 Å². The van der Waals surface area contributed by atoms with E-state index in [1.807, 2.05) is 64.1 Å². The quantitative estimate of drug-likeness (QED) is 0.0983. The summed E-state index contributed by atoms with van der Waals surface area (Å²) in [5.41, 5.74) is 18.8. The van der Waals surface area contributed by atoms with Crippen LogP contribution in [0.3, 0.4) is 0 Å². The third kappa shape index (κ3) is 8.55. The number of aliphatic imine (C=N–C) groups is 2. The Morgan fingerprint density at radius 1 is 0.556 bits per heavy atom. The fourth-order valence-electron chi connectivity index (χ4n) is 9.53. The second-order valence-corrected chi connectivity index (χ2v) is 17.4. The lowest BCUT2D eigenvalue weighted by atomic mass is 9.93. The van der Waals surface area contributed by atoms with Gasteiger partial charge in [0.15, 0.2) is 0 Å². The molecule has 2 aliphatic rings. The number of aromatic amines is 2. The molecule has 8 heteroatoms. The molecule has 8 rings (SSSR count). The largest absolute Gasteiger partial charge is 0.359 e. The molecule has 4 aromatic carbocycles. The molecule has 2 aliphatic heterocycles. The molecule has 0 radical (unpaired) electrons. The van der Waals surface area contributed by atoms with Crippen molar-refractivity contribution in [1.82, 2.24) is 20.6 Å². The summed E-state index contributed by atoms with van der Waals surface area (Å²) >= 11 is 0. The van der Waals surface area contributed by atoms with Crippen molar-refractivity contribution in [2.75, 3.05) is 0 Å². The molecule has 4 N–H and O–H groups in total. The van der Waals surface area contributed by atoms with Crippen molar-refractivity contribution in [1.29, 1.82) is 0 Å². The smallest absolute Gasteiger partial charge is 0.224 e. The summed E-state index contributed by atoms with van der Waals surface area (Å²) in [6.07, 6.45) is 5.55. The minimum absolute atomic E-state index is 0.00816. The van der Waals surface area contributed by atoms with Crippen molar-refractivity contribution in [3.8, 4) is 0 Å². The van der Waals surface area contributed by atoms with Gasteiger partial charge in [-0.2, -0.15) is 0 Å². The third-order valence-electron chi connectivity index (χ3n) is 13.3. The minimum Gasteiger partial charge on any atom is -0.359 e. The van der Waals surface area contributed by atoms with Gasteiger partial charge in [0.2, 0.25) is 11.8 Å². The van der Waals surface area contributed by atoms with Gasteiger partial charge in [0, 0.05) is 40.6 Å². The average Bonchev–Trinajstić information content (AvgIpc) is 3.88. The predicted octanol–water partition coefficient (Wildman–Crippen LogP) is 12.1. The molecule has 0 unspecified atom stereocenters. The molecule has 320 valence electrons. The number of carbonyl (C=O) groups excluding carboxylic acids is 2. The highest BCUT2D eigenvalue weighted by molar-refractivity contribution is 6.09. The zero-order valence-corrected chi connectivity index (χ0v) is 38.2. The van der Waals surface area contributed by atoms with Gasteiger partial charge in [0.05, 0.1) is 36.3 Å². The molecule has 2 amide bonds. The Balaban J connectivity index is 0.951. The molecule has 2 atom stereocenters. The molecule has 8 nitrogen and oxygen atoms in total. The van der Waals surface area contributed by atoms with E-state index in [2.05, 4.69) is 123 Å². The van der Waals surface area contributed by atoms with Crippen LogP contribution in [0.1, 0.15) is 116 Å². The topological polar surface area (TPSA) is 114 Å². The van der Waals surface area contributed by atoms with Crippen molar-refractivity contribution < 1.29 is 9.59 Å². The fourth-order valence-corrected chi connectivity index (χ4v) is 9.53. The van der Waals surface area contributed by atoms with E-state index in [1.165, 1.54) is 21.9 Å². The van der Waals surface area contributed by atoms with Gasteiger partial charge in [0.25, 0.3) is 0 Å². The summed E-state index contributed by atoms with van der Waals surface area (Å²) in [5.74, 6) is -0.0163. The SMILES string of the molecule is CC1=N/C(=C\c2[nH]c(C)c(CC(=O)N[C@@H](C)c3cccc4ccccc34)c2C)C(C)=C1CC1=C(C)/C(=C/c2[nH]c(C)c(CC(=O)N[C@@H](C)c3cccc4ccccc34)c2C)N=C1C. The van der Waals surface area contributed by atoms with Gasteiger partial charge in [-0.05, 0) is 159 Å². The number of nitrogens with one attached hydrogen (secondary N) is 4. The Bertz CT molecular complexity index is 2820. The van der Waals surface area contributed by atoms with E-state index >= 15 is 0 Å². The number of H-pyrrole nitrogens is 2. The van der Waals surface area contributed by atoms with Crippen molar-refractivity contribution in [2.24, 2.45) is 9.98 Å². The maximum atomic E-state index is 13.4. The van der Waals surface area contributed by atoms with Crippen LogP contribution in [0.2, 0.25) is 0 Å². The first-order valence-corrected chi connectivity index (χ1v) is 22.0. The summed E-state index contributed by atoms with van der Waals surface area (Å²) in [4.78, 5) is 44.1. The molecule has 0 spiro atoms. The van der Waals surface area contributed by atoms with Crippen LogP contribution in [-0.4, -0.2) is 33.2 Å². The van der Waals surface area contributed by atoms with Crippen molar-refractivity contribution in [2.45, 2.75) is 101 Å². The summed E-state index contributed by atoms with van der Waals surface area (Å²) in [7, 11) is 0. The molecule has 2 aromatic heterocycles. The molecule has 0 bridgehead atoms. The highest BCUT2D eigenvalue weighted by Gasteiger charge is 2.26. The molecule has 0 saturated heterocycles. The van der Waals surface area contributed by atoms with Crippen LogP contribution in [-0.2, 0) is 22.4 Å². The number of amides is 2. The van der Waals surface area contributed by atoms with Crippen LogP contribution in [0.25, 0.3) is 33.7 Å².